The van der Waals surface area contributed by atoms with Crippen LogP contribution in [0.1, 0.15) is 5.56 Å². The quantitative estimate of drug-likeness (QED) is 0.329. The van der Waals surface area contributed by atoms with Crippen molar-refractivity contribution in [3.63, 3.8) is 0 Å². The molecule has 0 amide bonds. The third-order valence-electron chi connectivity index (χ3n) is 3.79. The zero-order valence-corrected chi connectivity index (χ0v) is 15.1. The Morgan fingerprint density at radius 3 is 2.00 bits per heavy atom. The molecule has 0 aliphatic rings. The molecule has 0 spiro atoms. The summed E-state index contributed by atoms with van der Waals surface area (Å²) in [7, 11) is 0. The number of rotatable bonds is 1. The number of hydrogen-bond donors (Lipinski definition) is 2. The topological polar surface area (TPSA) is 102 Å². The Hall–Kier alpha value is -4.06. The Morgan fingerprint density at radius 1 is 0.786 bits per heavy atom. The van der Waals surface area contributed by atoms with Crippen LogP contribution in [0.4, 0.5) is 5.69 Å². The van der Waals surface area contributed by atoms with Gasteiger partial charge >= 0.3 is 0 Å². The summed E-state index contributed by atoms with van der Waals surface area (Å²) in [5, 5.41) is 11.6. The molecule has 138 valence electrons. The summed E-state index contributed by atoms with van der Waals surface area (Å²) in [4.78, 5) is 8.24. The SMILES string of the molecule is N=Cc1ccccc1N.c1ccc2nccnc2c1.c1ccc2oncc2c1. The lowest BCUT2D eigenvalue weighted by atomic mass is 10.2. The minimum atomic E-state index is 0.660. The van der Waals surface area contributed by atoms with E-state index in [0.29, 0.717) is 5.69 Å². The van der Waals surface area contributed by atoms with Crippen LogP contribution >= 0.6 is 0 Å². The molecule has 2 aromatic heterocycles. The molecule has 6 nitrogen and oxygen atoms in total. The molecule has 5 aromatic rings. The average molecular weight is 369 g/mol. The smallest absolute Gasteiger partial charge is 0.166 e. The lowest BCUT2D eigenvalue weighted by Crippen LogP contribution is -1.90. The molecule has 0 saturated carbocycles. The van der Waals surface area contributed by atoms with Crippen LogP contribution in [0.25, 0.3) is 22.0 Å². The zero-order valence-electron chi connectivity index (χ0n) is 15.1. The van der Waals surface area contributed by atoms with E-state index in [-0.39, 0.29) is 0 Å². The van der Waals surface area contributed by atoms with Gasteiger partial charge in [0.25, 0.3) is 0 Å². The van der Waals surface area contributed by atoms with Gasteiger partial charge in [0.2, 0.25) is 0 Å². The molecule has 0 aliphatic heterocycles. The molecular weight excluding hydrogens is 350 g/mol. The first-order chi connectivity index (χ1) is 13.8. The Labute approximate surface area is 162 Å². The van der Waals surface area contributed by atoms with E-state index in [1.54, 1.807) is 24.7 Å². The van der Waals surface area contributed by atoms with E-state index >= 15 is 0 Å². The Morgan fingerprint density at radius 2 is 1.39 bits per heavy atom. The van der Waals surface area contributed by atoms with Crippen LogP contribution in [-0.2, 0) is 0 Å². The molecule has 6 heteroatoms. The fraction of sp³-hybridized carbons (Fsp3) is 0. The molecule has 0 fully saturated rings. The van der Waals surface area contributed by atoms with Crippen molar-refractivity contribution in [1.82, 2.24) is 15.1 Å². The molecule has 0 atom stereocenters. The van der Waals surface area contributed by atoms with Gasteiger partial charge in [0.05, 0.1) is 17.2 Å². The Balaban J connectivity index is 0.000000121. The second-order valence-corrected chi connectivity index (χ2v) is 5.68. The van der Waals surface area contributed by atoms with Crippen LogP contribution in [0.5, 0.6) is 0 Å². The Bertz CT molecular complexity index is 1070. The molecule has 0 unspecified atom stereocenters. The van der Waals surface area contributed by atoms with E-state index in [1.807, 2.05) is 66.7 Å². The summed E-state index contributed by atoms with van der Waals surface area (Å²) in [6, 6.07) is 22.8. The van der Waals surface area contributed by atoms with Crippen molar-refractivity contribution in [2.45, 2.75) is 0 Å². The van der Waals surface area contributed by atoms with Crippen LogP contribution in [0.15, 0.2) is 95.9 Å². The summed E-state index contributed by atoms with van der Waals surface area (Å²) in [5.74, 6) is 0. The molecule has 2 heterocycles. The van der Waals surface area contributed by atoms with Gasteiger partial charge in [-0.2, -0.15) is 0 Å². The van der Waals surface area contributed by atoms with E-state index in [0.717, 1.165) is 27.6 Å². The third-order valence-corrected chi connectivity index (χ3v) is 3.79. The number of nitrogens with two attached hydrogens (primary N) is 1. The minimum Gasteiger partial charge on any atom is -0.398 e. The van der Waals surface area contributed by atoms with Crippen molar-refractivity contribution in [2.24, 2.45) is 0 Å². The predicted molar refractivity (Wildman–Crippen MR) is 112 cm³/mol. The van der Waals surface area contributed by atoms with Crippen molar-refractivity contribution in [3.05, 3.63) is 97.0 Å². The highest BCUT2D eigenvalue weighted by molar-refractivity contribution is 5.84. The number of aromatic nitrogens is 3. The molecule has 0 radical (unpaired) electrons. The molecule has 0 saturated heterocycles. The van der Waals surface area contributed by atoms with Gasteiger partial charge in [0.1, 0.15) is 0 Å². The fourth-order valence-corrected chi connectivity index (χ4v) is 2.36. The van der Waals surface area contributed by atoms with Gasteiger partial charge in [-0.25, -0.2) is 0 Å². The number of anilines is 1. The number of benzene rings is 3. The number of nitrogens with one attached hydrogen (secondary N) is 1. The lowest BCUT2D eigenvalue weighted by Gasteiger charge is -1.94. The first-order valence-electron chi connectivity index (χ1n) is 8.58. The van der Waals surface area contributed by atoms with Crippen LogP contribution in [0, 0.1) is 5.41 Å². The van der Waals surface area contributed by atoms with Crippen molar-refractivity contribution >= 4 is 33.9 Å². The van der Waals surface area contributed by atoms with Crippen LogP contribution in [0.2, 0.25) is 0 Å². The van der Waals surface area contributed by atoms with Gasteiger partial charge in [0, 0.05) is 35.2 Å². The maximum atomic E-state index is 6.88. The van der Waals surface area contributed by atoms with Crippen molar-refractivity contribution < 1.29 is 4.52 Å². The lowest BCUT2D eigenvalue weighted by molar-refractivity contribution is 0.456. The summed E-state index contributed by atoms with van der Waals surface area (Å²) >= 11 is 0. The standard InChI is InChI=1S/C8H6N2.C7H8N2.C7H5NO/c1-2-4-8-7(3-1)9-5-6-10-8;8-5-6-3-1-2-4-7(6)9;1-2-4-7-6(3-1)5-8-9-7/h1-6H;1-5,8H,9H2;1-5H. The second kappa shape index (κ2) is 9.59. The van der Waals surface area contributed by atoms with Gasteiger partial charge in [0.15, 0.2) is 5.58 Å². The zero-order chi connectivity index (χ0) is 19.6. The monoisotopic (exact) mass is 369 g/mol. The molecule has 28 heavy (non-hydrogen) atoms. The number of fused-ring (bicyclic) bond motifs is 2. The molecule has 3 N–H and O–H groups in total. The first kappa shape index (κ1) is 18.7. The number of nitrogens with zero attached hydrogens (tertiary/aromatic N) is 3. The Kier molecular flexibility index (Phi) is 6.41. The van der Waals surface area contributed by atoms with E-state index in [2.05, 4.69) is 15.1 Å². The first-order valence-corrected chi connectivity index (χ1v) is 8.58. The summed E-state index contributed by atoms with van der Waals surface area (Å²) < 4.78 is 4.87. The minimum absolute atomic E-state index is 0.660. The van der Waals surface area contributed by atoms with E-state index in [4.69, 9.17) is 15.7 Å². The van der Waals surface area contributed by atoms with Gasteiger partial charge in [-0.15, -0.1) is 0 Å². The normalized spacial score (nSPS) is 9.71. The van der Waals surface area contributed by atoms with E-state index in [9.17, 15) is 0 Å². The number of nitrogen functional groups attached to an aromatic ring is 1. The van der Waals surface area contributed by atoms with Crippen molar-refractivity contribution in [3.8, 4) is 0 Å². The highest BCUT2D eigenvalue weighted by Crippen LogP contribution is 2.10. The molecular formula is C22H19N5O. The average Bonchev–Trinajstić information content (AvgIpc) is 3.24. The van der Waals surface area contributed by atoms with Crippen LogP contribution < -0.4 is 5.73 Å². The molecule has 0 aliphatic carbocycles. The second-order valence-electron chi connectivity index (χ2n) is 5.68. The predicted octanol–water partition coefficient (Wildman–Crippen LogP) is 4.72. The number of hydrogen-bond acceptors (Lipinski definition) is 6. The molecule has 0 bridgehead atoms. The van der Waals surface area contributed by atoms with E-state index < -0.39 is 0 Å². The summed E-state index contributed by atoms with van der Waals surface area (Å²) in [5.41, 5.74) is 9.66. The maximum absolute atomic E-state index is 6.88. The fourth-order valence-electron chi connectivity index (χ4n) is 2.36. The third kappa shape index (κ3) is 4.98. The highest BCUT2D eigenvalue weighted by Gasteiger charge is 1.91. The maximum Gasteiger partial charge on any atom is 0.166 e. The van der Waals surface area contributed by atoms with Crippen molar-refractivity contribution in [1.29, 1.82) is 5.41 Å². The van der Waals surface area contributed by atoms with Gasteiger partial charge in [-0.3, -0.25) is 9.97 Å². The van der Waals surface area contributed by atoms with Crippen LogP contribution in [-0.4, -0.2) is 21.3 Å². The van der Waals surface area contributed by atoms with E-state index in [1.165, 1.54) is 6.21 Å². The summed E-state index contributed by atoms with van der Waals surface area (Å²) in [6.45, 7) is 0. The summed E-state index contributed by atoms with van der Waals surface area (Å²) in [6.07, 6.45) is 6.34. The van der Waals surface area contributed by atoms with Gasteiger partial charge in [-0.1, -0.05) is 47.6 Å². The highest BCUT2D eigenvalue weighted by atomic mass is 16.5. The van der Waals surface area contributed by atoms with Crippen LogP contribution in [0.3, 0.4) is 0 Å². The largest absolute Gasteiger partial charge is 0.398 e. The van der Waals surface area contributed by atoms with Crippen molar-refractivity contribution in [2.75, 3.05) is 5.73 Å². The number of para-hydroxylation sites is 4. The molecule has 5 rings (SSSR count). The molecule has 3 aromatic carbocycles. The van der Waals surface area contributed by atoms with Gasteiger partial charge in [-0.05, 0) is 30.3 Å². The van der Waals surface area contributed by atoms with Gasteiger partial charge < -0.3 is 15.7 Å².